The van der Waals surface area contributed by atoms with E-state index in [4.69, 9.17) is 18.5 Å². The topological polar surface area (TPSA) is 192 Å². The molecule has 1 fully saturated rings. The van der Waals surface area contributed by atoms with Gasteiger partial charge in [-0.15, -0.1) is 0 Å². The van der Waals surface area contributed by atoms with Crippen LogP contribution in [0.15, 0.2) is 60.8 Å². The number of ether oxygens (including phenoxy) is 2. The molecule has 0 amide bonds. The second kappa shape index (κ2) is 50.5. The molecule has 0 bridgehead atoms. The minimum absolute atomic E-state index is 0.0822. The molecule has 12 nitrogen and oxygen atoms in total. The van der Waals surface area contributed by atoms with Crippen molar-refractivity contribution in [2.24, 2.45) is 0 Å². The third kappa shape index (κ3) is 41.2. The number of carbonyl (C=O) groups is 1. The fourth-order valence-electron chi connectivity index (χ4n) is 9.10. The Morgan fingerprint density at radius 1 is 0.432 bits per heavy atom. The Morgan fingerprint density at radius 3 is 1.15 bits per heavy atom. The summed E-state index contributed by atoms with van der Waals surface area (Å²) in [5.74, 6) is -0.480. The molecular weight excluding hydrogens is 956 g/mol. The maximum absolute atomic E-state index is 12.9. The van der Waals surface area contributed by atoms with Crippen molar-refractivity contribution in [3.05, 3.63) is 60.8 Å². The number of hydrogen-bond donors (Lipinski definition) is 6. The minimum atomic E-state index is -5.03. The molecule has 6 atom stereocenters. The zero-order valence-corrected chi connectivity index (χ0v) is 47.8. The molecule has 6 N–H and O–H groups in total. The van der Waals surface area contributed by atoms with E-state index >= 15 is 0 Å². The Hall–Kier alpha value is -1.96. The first-order valence-corrected chi connectivity index (χ1v) is 31.6. The van der Waals surface area contributed by atoms with Gasteiger partial charge in [0, 0.05) is 13.0 Å². The summed E-state index contributed by atoms with van der Waals surface area (Å²) in [6.07, 6.45) is 54.3. The van der Waals surface area contributed by atoms with Crippen molar-refractivity contribution in [3.8, 4) is 0 Å². The summed E-state index contributed by atoms with van der Waals surface area (Å²) in [4.78, 5) is 23.4. The number of allylic oxidation sites excluding steroid dienone is 10. The third-order valence-corrected chi connectivity index (χ3v) is 14.8. The predicted octanol–water partition coefficient (Wildman–Crippen LogP) is 14.9. The van der Waals surface area contributed by atoms with Gasteiger partial charge in [-0.2, -0.15) is 0 Å². The van der Waals surface area contributed by atoms with Crippen LogP contribution in [0.4, 0.5) is 0 Å². The van der Waals surface area contributed by atoms with Gasteiger partial charge >= 0.3 is 13.8 Å². The first kappa shape index (κ1) is 70.1. The SMILES string of the molecule is CCCCCCC/C=C\C/C=C\C/C=C\CCCCCCCCCCCOCC(COP(=O)(O)OC1C(O)C(O)C(O)C(O)C1O)OC(=O)CCCCCCCCCCCCC/C=C\C/C=C\CCCCCCC. The Kier molecular flexibility index (Phi) is 47.8. The van der Waals surface area contributed by atoms with E-state index in [0.29, 0.717) is 13.0 Å². The fraction of sp³-hybridized carbons (Fsp3) is 0.820. The number of esters is 1. The number of phosphoric ester groups is 1. The highest BCUT2D eigenvalue weighted by Crippen LogP contribution is 2.47. The zero-order valence-electron chi connectivity index (χ0n) is 46.9. The average Bonchev–Trinajstić information content (AvgIpc) is 3.39. The van der Waals surface area contributed by atoms with E-state index in [9.17, 15) is 39.8 Å². The normalized spacial score (nSPS) is 20.8. The van der Waals surface area contributed by atoms with Crippen LogP contribution in [0, 0.1) is 0 Å². The molecule has 74 heavy (non-hydrogen) atoms. The van der Waals surface area contributed by atoms with Crippen molar-refractivity contribution in [2.45, 2.75) is 301 Å². The highest BCUT2D eigenvalue weighted by atomic mass is 31.2. The number of phosphoric acid groups is 1. The number of unbranched alkanes of at least 4 members (excludes halogenated alkanes) is 30. The quantitative estimate of drug-likeness (QED) is 0.0146. The standard InChI is InChI=1S/C61H111O12P/c1-3-5-7-9-11-13-15-17-19-21-23-25-27-29-31-33-35-37-39-41-43-45-47-49-51-70-52-54(53-71-74(68,69)73-61-59(66)57(64)56(63)58(65)60(61)67)72-55(62)50-48-46-44-42-40-38-36-34-32-30-28-26-24-22-20-18-16-14-12-10-8-6-4-2/h15-18,21-24,27,29,54,56-61,63-67H,3-14,19-20,25-26,28,30-53H2,1-2H3,(H,68,69)/b17-15-,18-16-,23-21-,24-22-,29-27-. The first-order valence-electron chi connectivity index (χ1n) is 30.1. The van der Waals surface area contributed by atoms with E-state index in [1.165, 1.54) is 161 Å². The lowest BCUT2D eigenvalue weighted by Gasteiger charge is -2.41. The molecule has 0 radical (unpaired) electrons. The average molecular weight is 1070 g/mol. The van der Waals surface area contributed by atoms with Crippen molar-refractivity contribution in [3.63, 3.8) is 0 Å². The van der Waals surface area contributed by atoms with Crippen LogP contribution in [0.2, 0.25) is 0 Å². The van der Waals surface area contributed by atoms with Crippen molar-refractivity contribution in [1.29, 1.82) is 0 Å². The number of rotatable bonds is 52. The molecular formula is C61H111O12P. The van der Waals surface area contributed by atoms with Gasteiger partial charge in [-0.05, 0) is 83.5 Å². The maximum atomic E-state index is 12.9. The lowest BCUT2D eigenvalue weighted by molar-refractivity contribution is -0.220. The summed E-state index contributed by atoms with van der Waals surface area (Å²) in [6.45, 7) is 4.26. The van der Waals surface area contributed by atoms with E-state index in [-0.39, 0.29) is 13.0 Å². The van der Waals surface area contributed by atoms with Gasteiger partial charge in [0.1, 0.15) is 42.7 Å². The second-order valence-electron chi connectivity index (χ2n) is 20.8. The molecule has 0 aromatic rings. The largest absolute Gasteiger partial charge is 0.472 e. The van der Waals surface area contributed by atoms with Crippen molar-refractivity contribution >= 4 is 13.8 Å². The molecule has 6 unspecified atom stereocenters. The van der Waals surface area contributed by atoms with Gasteiger partial charge in [-0.1, -0.05) is 229 Å². The van der Waals surface area contributed by atoms with E-state index in [1.807, 2.05) is 0 Å². The van der Waals surface area contributed by atoms with E-state index in [1.54, 1.807) is 0 Å². The van der Waals surface area contributed by atoms with Crippen LogP contribution in [0.1, 0.15) is 258 Å². The molecule has 1 rings (SSSR count). The molecule has 432 valence electrons. The zero-order chi connectivity index (χ0) is 54.0. The van der Waals surface area contributed by atoms with Crippen LogP contribution in [-0.2, 0) is 27.9 Å². The van der Waals surface area contributed by atoms with Gasteiger partial charge in [0.25, 0.3) is 0 Å². The Balaban J connectivity index is 2.28. The van der Waals surface area contributed by atoms with E-state index < -0.39 is 63.1 Å². The molecule has 0 aliphatic heterocycles. The lowest BCUT2D eigenvalue weighted by Crippen LogP contribution is -2.64. The van der Waals surface area contributed by atoms with Crippen LogP contribution < -0.4 is 0 Å². The second-order valence-corrected chi connectivity index (χ2v) is 22.2. The molecule has 1 aliphatic carbocycles. The molecule has 0 aromatic carbocycles. The third-order valence-electron chi connectivity index (χ3n) is 13.9. The predicted molar refractivity (Wildman–Crippen MR) is 304 cm³/mol. The van der Waals surface area contributed by atoms with Gasteiger partial charge < -0.3 is 39.9 Å². The Labute approximate surface area is 451 Å². The van der Waals surface area contributed by atoms with Gasteiger partial charge in [-0.3, -0.25) is 13.8 Å². The van der Waals surface area contributed by atoms with Crippen LogP contribution in [0.3, 0.4) is 0 Å². The first-order chi connectivity index (χ1) is 36.0. The smallest absolute Gasteiger partial charge is 0.457 e. The summed E-state index contributed by atoms with van der Waals surface area (Å²) in [7, 11) is -5.03. The summed E-state index contributed by atoms with van der Waals surface area (Å²) >= 11 is 0. The lowest BCUT2D eigenvalue weighted by atomic mass is 9.85. The summed E-state index contributed by atoms with van der Waals surface area (Å²) in [5.41, 5.74) is 0. The summed E-state index contributed by atoms with van der Waals surface area (Å²) < 4.78 is 34.4. The van der Waals surface area contributed by atoms with Crippen LogP contribution >= 0.6 is 7.82 Å². The van der Waals surface area contributed by atoms with Crippen molar-refractivity contribution < 1.29 is 58.3 Å². The van der Waals surface area contributed by atoms with Crippen LogP contribution in [0.25, 0.3) is 0 Å². The van der Waals surface area contributed by atoms with Crippen LogP contribution in [0.5, 0.6) is 0 Å². The van der Waals surface area contributed by atoms with Gasteiger partial charge in [0.15, 0.2) is 0 Å². The molecule has 13 heteroatoms. The molecule has 0 spiro atoms. The van der Waals surface area contributed by atoms with Crippen molar-refractivity contribution in [2.75, 3.05) is 19.8 Å². The fourth-order valence-corrected chi connectivity index (χ4v) is 10.1. The minimum Gasteiger partial charge on any atom is -0.457 e. The summed E-state index contributed by atoms with van der Waals surface area (Å²) in [5, 5.41) is 50.5. The van der Waals surface area contributed by atoms with E-state index in [2.05, 4.69) is 74.6 Å². The molecule has 0 heterocycles. The molecule has 0 saturated heterocycles. The van der Waals surface area contributed by atoms with E-state index in [0.717, 1.165) is 70.6 Å². The number of hydrogen-bond acceptors (Lipinski definition) is 11. The van der Waals surface area contributed by atoms with Gasteiger partial charge in [0.05, 0.1) is 13.2 Å². The number of aliphatic hydroxyl groups is 5. The number of aliphatic hydroxyl groups excluding tert-OH is 5. The number of carbonyl (C=O) groups excluding carboxylic acids is 1. The highest BCUT2D eigenvalue weighted by molar-refractivity contribution is 7.47. The maximum Gasteiger partial charge on any atom is 0.472 e. The van der Waals surface area contributed by atoms with Gasteiger partial charge in [-0.25, -0.2) is 4.57 Å². The highest BCUT2D eigenvalue weighted by Gasteiger charge is 2.51. The Bertz CT molecular complexity index is 1450. The molecule has 1 saturated carbocycles. The molecule has 0 aromatic heterocycles. The van der Waals surface area contributed by atoms with Gasteiger partial charge in [0.2, 0.25) is 0 Å². The van der Waals surface area contributed by atoms with Crippen molar-refractivity contribution in [1.82, 2.24) is 0 Å². The Morgan fingerprint density at radius 2 is 0.757 bits per heavy atom. The molecule has 1 aliphatic rings. The van der Waals surface area contributed by atoms with Crippen LogP contribution in [-0.4, -0.2) is 98.9 Å². The monoisotopic (exact) mass is 1070 g/mol. The summed E-state index contributed by atoms with van der Waals surface area (Å²) in [6, 6.07) is 0.